The normalized spacial score (nSPS) is 19.1. The molecule has 1 aliphatic rings. The van der Waals surface area contributed by atoms with Crippen molar-refractivity contribution in [3.63, 3.8) is 0 Å². The van der Waals surface area contributed by atoms with Crippen LogP contribution in [0.5, 0.6) is 5.75 Å². The lowest BCUT2D eigenvalue weighted by molar-refractivity contribution is 0.255. The SMILES string of the molecule is CCS(=O)(=O)CNC1CCOc2ccc(F)cc21. The summed E-state index contributed by atoms with van der Waals surface area (Å²) in [5.74, 6) is 0.280. The van der Waals surface area contributed by atoms with Gasteiger partial charge in [0.25, 0.3) is 0 Å². The summed E-state index contributed by atoms with van der Waals surface area (Å²) in [6, 6.07) is 4.13. The zero-order chi connectivity index (χ0) is 13.2. The monoisotopic (exact) mass is 273 g/mol. The van der Waals surface area contributed by atoms with E-state index in [-0.39, 0.29) is 23.5 Å². The molecule has 0 amide bonds. The lowest BCUT2D eigenvalue weighted by Crippen LogP contribution is -2.32. The second-order valence-electron chi connectivity index (χ2n) is 4.25. The summed E-state index contributed by atoms with van der Waals surface area (Å²) >= 11 is 0. The van der Waals surface area contributed by atoms with Crippen LogP contribution in [0.3, 0.4) is 0 Å². The minimum atomic E-state index is -3.08. The van der Waals surface area contributed by atoms with Crippen molar-refractivity contribution in [1.29, 1.82) is 0 Å². The molecule has 1 aromatic carbocycles. The maximum atomic E-state index is 13.2. The van der Waals surface area contributed by atoms with Crippen molar-refractivity contribution >= 4 is 9.84 Å². The molecule has 0 saturated carbocycles. The third-order valence-corrected chi connectivity index (χ3v) is 4.49. The van der Waals surface area contributed by atoms with Crippen LogP contribution < -0.4 is 10.1 Å². The number of hydrogen-bond donors (Lipinski definition) is 1. The Hall–Kier alpha value is -1.14. The van der Waals surface area contributed by atoms with Crippen LogP contribution in [0, 0.1) is 5.82 Å². The standard InChI is InChI=1S/C12H16FNO3S/c1-2-18(15,16)8-14-11-5-6-17-12-4-3-9(13)7-10(11)12/h3-4,7,11,14H,2,5-6,8H2,1H3. The van der Waals surface area contributed by atoms with E-state index in [2.05, 4.69) is 5.32 Å². The van der Waals surface area contributed by atoms with E-state index in [0.29, 0.717) is 24.3 Å². The summed E-state index contributed by atoms with van der Waals surface area (Å²) in [4.78, 5) is 0. The van der Waals surface area contributed by atoms with Gasteiger partial charge in [-0.3, -0.25) is 5.32 Å². The van der Waals surface area contributed by atoms with Crippen molar-refractivity contribution in [1.82, 2.24) is 5.32 Å². The Balaban J connectivity index is 2.15. The highest BCUT2D eigenvalue weighted by Gasteiger charge is 2.23. The smallest absolute Gasteiger partial charge is 0.162 e. The minimum absolute atomic E-state index is 0.0931. The first-order valence-corrected chi connectivity index (χ1v) is 7.70. The van der Waals surface area contributed by atoms with Crippen LogP contribution in [0.15, 0.2) is 18.2 Å². The molecule has 1 aliphatic heterocycles. The second-order valence-corrected chi connectivity index (χ2v) is 6.61. The van der Waals surface area contributed by atoms with Gasteiger partial charge in [-0.2, -0.15) is 0 Å². The number of rotatable bonds is 4. The Kier molecular flexibility index (Phi) is 3.87. The summed E-state index contributed by atoms with van der Waals surface area (Å²) < 4.78 is 41.5. The lowest BCUT2D eigenvalue weighted by Gasteiger charge is -2.26. The molecule has 6 heteroatoms. The van der Waals surface area contributed by atoms with Gasteiger partial charge in [-0.15, -0.1) is 0 Å². The van der Waals surface area contributed by atoms with Gasteiger partial charge in [0.2, 0.25) is 0 Å². The number of halogens is 1. The Labute approximate surface area is 106 Å². The zero-order valence-corrected chi connectivity index (χ0v) is 11.0. The van der Waals surface area contributed by atoms with Gasteiger partial charge in [-0.25, -0.2) is 12.8 Å². The van der Waals surface area contributed by atoms with E-state index in [1.165, 1.54) is 12.1 Å². The molecular formula is C12H16FNO3S. The van der Waals surface area contributed by atoms with Gasteiger partial charge >= 0.3 is 0 Å². The third-order valence-electron chi connectivity index (χ3n) is 3.00. The van der Waals surface area contributed by atoms with E-state index in [9.17, 15) is 12.8 Å². The first-order valence-electron chi connectivity index (χ1n) is 5.88. The molecule has 0 saturated heterocycles. The van der Waals surface area contributed by atoms with Gasteiger partial charge in [-0.1, -0.05) is 6.92 Å². The molecule has 18 heavy (non-hydrogen) atoms. The van der Waals surface area contributed by atoms with Gasteiger partial charge in [-0.05, 0) is 18.2 Å². The maximum absolute atomic E-state index is 13.2. The van der Waals surface area contributed by atoms with Gasteiger partial charge in [0.05, 0.1) is 12.5 Å². The van der Waals surface area contributed by atoms with E-state index < -0.39 is 9.84 Å². The molecule has 4 nitrogen and oxygen atoms in total. The number of sulfone groups is 1. The predicted molar refractivity (Wildman–Crippen MR) is 66.7 cm³/mol. The zero-order valence-electron chi connectivity index (χ0n) is 10.1. The van der Waals surface area contributed by atoms with E-state index in [0.717, 1.165) is 0 Å². The highest BCUT2D eigenvalue weighted by molar-refractivity contribution is 7.91. The highest BCUT2D eigenvalue weighted by Crippen LogP contribution is 2.32. The molecule has 0 aliphatic carbocycles. The quantitative estimate of drug-likeness (QED) is 0.906. The number of nitrogens with one attached hydrogen (secondary N) is 1. The molecule has 100 valence electrons. The van der Waals surface area contributed by atoms with Crippen LogP contribution in [0.4, 0.5) is 4.39 Å². The Morgan fingerprint density at radius 1 is 1.50 bits per heavy atom. The number of benzene rings is 1. The topological polar surface area (TPSA) is 55.4 Å². The molecular weight excluding hydrogens is 257 g/mol. The summed E-state index contributed by atoms with van der Waals surface area (Å²) in [5.41, 5.74) is 0.688. The fourth-order valence-electron chi connectivity index (χ4n) is 1.91. The lowest BCUT2D eigenvalue weighted by atomic mass is 10.0. The molecule has 2 rings (SSSR count). The van der Waals surface area contributed by atoms with Crippen molar-refractivity contribution in [2.24, 2.45) is 0 Å². The molecule has 1 unspecified atom stereocenters. The first-order chi connectivity index (χ1) is 8.52. The summed E-state index contributed by atoms with van der Waals surface area (Å²) in [7, 11) is -3.08. The number of ether oxygens (including phenoxy) is 1. The Morgan fingerprint density at radius 2 is 2.28 bits per heavy atom. The van der Waals surface area contributed by atoms with E-state index in [4.69, 9.17) is 4.74 Å². The number of fused-ring (bicyclic) bond motifs is 1. The van der Waals surface area contributed by atoms with Crippen molar-refractivity contribution in [2.75, 3.05) is 18.2 Å². The van der Waals surface area contributed by atoms with Crippen LogP contribution >= 0.6 is 0 Å². The van der Waals surface area contributed by atoms with Gasteiger partial charge in [0.1, 0.15) is 11.6 Å². The largest absolute Gasteiger partial charge is 0.493 e. The molecule has 1 N–H and O–H groups in total. The average Bonchev–Trinajstić information content (AvgIpc) is 2.36. The van der Waals surface area contributed by atoms with Crippen molar-refractivity contribution in [2.45, 2.75) is 19.4 Å². The second kappa shape index (κ2) is 5.24. The van der Waals surface area contributed by atoms with Crippen molar-refractivity contribution < 1.29 is 17.5 Å². The molecule has 1 heterocycles. The molecule has 0 bridgehead atoms. The molecule has 1 atom stereocenters. The Morgan fingerprint density at radius 3 is 3.00 bits per heavy atom. The van der Waals surface area contributed by atoms with Crippen LogP contribution in [0.2, 0.25) is 0 Å². The van der Waals surface area contributed by atoms with E-state index >= 15 is 0 Å². The van der Waals surface area contributed by atoms with Crippen molar-refractivity contribution in [3.8, 4) is 5.75 Å². The maximum Gasteiger partial charge on any atom is 0.162 e. The molecule has 0 radical (unpaired) electrons. The Bertz CT molecular complexity index is 530. The third kappa shape index (κ3) is 3.00. The van der Waals surface area contributed by atoms with E-state index in [1.54, 1.807) is 13.0 Å². The molecule has 0 fully saturated rings. The van der Waals surface area contributed by atoms with Crippen LogP contribution in [0.25, 0.3) is 0 Å². The van der Waals surface area contributed by atoms with Crippen LogP contribution in [0.1, 0.15) is 24.9 Å². The predicted octanol–water partition coefficient (Wildman–Crippen LogP) is 1.63. The van der Waals surface area contributed by atoms with Crippen molar-refractivity contribution in [3.05, 3.63) is 29.6 Å². The van der Waals surface area contributed by atoms with Gasteiger partial charge < -0.3 is 4.74 Å². The summed E-state index contributed by atoms with van der Waals surface area (Å²) in [6.07, 6.45) is 0.635. The summed E-state index contributed by atoms with van der Waals surface area (Å²) in [5, 5.41) is 2.96. The average molecular weight is 273 g/mol. The molecule has 0 aromatic heterocycles. The van der Waals surface area contributed by atoms with Crippen LogP contribution in [-0.2, 0) is 9.84 Å². The number of hydrogen-bond acceptors (Lipinski definition) is 4. The van der Waals surface area contributed by atoms with Gasteiger partial charge in [0, 0.05) is 23.8 Å². The van der Waals surface area contributed by atoms with Gasteiger partial charge in [0.15, 0.2) is 9.84 Å². The molecule has 0 spiro atoms. The minimum Gasteiger partial charge on any atom is -0.493 e. The highest BCUT2D eigenvalue weighted by atomic mass is 32.2. The van der Waals surface area contributed by atoms with E-state index in [1.807, 2.05) is 0 Å². The molecule has 1 aromatic rings. The fraction of sp³-hybridized carbons (Fsp3) is 0.500. The first kappa shape index (κ1) is 13.3. The summed E-state index contributed by atoms with van der Waals surface area (Å²) in [6.45, 7) is 2.11. The van der Waals surface area contributed by atoms with Crippen LogP contribution in [-0.4, -0.2) is 26.7 Å². The fourth-order valence-corrected chi connectivity index (χ4v) is 2.57.